The summed E-state index contributed by atoms with van der Waals surface area (Å²) in [5.41, 5.74) is -0.281. The number of rotatable bonds is 2. The second kappa shape index (κ2) is 5.19. The highest BCUT2D eigenvalue weighted by atomic mass is 19.1. The van der Waals surface area contributed by atoms with Crippen LogP contribution in [0.15, 0.2) is 18.2 Å². The zero-order chi connectivity index (χ0) is 14.9. The normalized spacial score (nSPS) is 17.9. The molecule has 0 atom stereocenters. The van der Waals surface area contributed by atoms with E-state index in [1.807, 2.05) is 0 Å². The maximum atomic E-state index is 13.3. The monoisotopic (exact) mass is 280 g/mol. The molecule has 1 aromatic carbocycles. The fraction of sp³-hybridized carbons (Fsp3) is 0.500. The molecule has 0 unspecified atom stereocenters. The van der Waals surface area contributed by atoms with E-state index in [1.165, 1.54) is 6.07 Å². The van der Waals surface area contributed by atoms with Gasteiger partial charge in [0.2, 0.25) is 5.82 Å². The van der Waals surface area contributed by atoms with Crippen LogP contribution in [0.25, 0.3) is 0 Å². The molecule has 1 saturated heterocycles. The molecule has 0 aliphatic carbocycles. The molecule has 1 amide bonds. The average Bonchev–Trinajstić information content (AvgIpc) is 2.38. The number of carbonyl (C=O) groups excluding carboxylic acids is 1. The van der Waals surface area contributed by atoms with Gasteiger partial charge in [-0.05, 0) is 30.4 Å². The Kier molecular flexibility index (Phi) is 3.74. The van der Waals surface area contributed by atoms with Crippen molar-refractivity contribution >= 4 is 11.6 Å². The van der Waals surface area contributed by atoms with Crippen molar-refractivity contribution in [3.05, 3.63) is 39.7 Å². The summed E-state index contributed by atoms with van der Waals surface area (Å²) < 4.78 is 13.3. The number of amides is 1. The van der Waals surface area contributed by atoms with Crippen molar-refractivity contribution in [3.8, 4) is 0 Å². The number of carbonyl (C=O) groups is 1. The van der Waals surface area contributed by atoms with Crippen molar-refractivity contribution in [2.45, 2.75) is 26.7 Å². The summed E-state index contributed by atoms with van der Waals surface area (Å²) in [6.07, 6.45) is 1.78. The van der Waals surface area contributed by atoms with Crippen molar-refractivity contribution in [3.63, 3.8) is 0 Å². The predicted octanol–water partition coefficient (Wildman–Crippen LogP) is 3.00. The van der Waals surface area contributed by atoms with Gasteiger partial charge in [0.1, 0.15) is 0 Å². The Morgan fingerprint density at radius 3 is 2.50 bits per heavy atom. The Morgan fingerprint density at radius 2 is 1.95 bits per heavy atom. The van der Waals surface area contributed by atoms with E-state index in [9.17, 15) is 19.3 Å². The Hall–Kier alpha value is -1.98. The van der Waals surface area contributed by atoms with Crippen LogP contribution >= 0.6 is 0 Å². The Labute approximate surface area is 116 Å². The summed E-state index contributed by atoms with van der Waals surface area (Å²) in [5, 5.41) is 10.7. The second-order valence-corrected chi connectivity index (χ2v) is 5.88. The number of nitro benzene ring substituents is 1. The second-order valence-electron chi connectivity index (χ2n) is 5.88. The third kappa shape index (κ3) is 2.95. The first-order valence-electron chi connectivity index (χ1n) is 6.53. The summed E-state index contributed by atoms with van der Waals surface area (Å²) in [6.45, 7) is 5.54. The van der Waals surface area contributed by atoms with E-state index in [0.717, 1.165) is 25.0 Å². The third-order valence-corrected chi connectivity index (χ3v) is 3.79. The van der Waals surface area contributed by atoms with E-state index in [0.29, 0.717) is 13.1 Å². The molecule has 0 N–H and O–H groups in total. The number of hydrogen-bond donors (Lipinski definition) is 0. The number of likely N-dealkylation sites (tertiary alicyclic amines) is 1. The van der Waals surface area contributed by atoms with Gasteiger partial charge in [0.05, 0.1) is 4.92 Å². The topological polar surface area (TPSA) is 63.5 Å². The minimum Gasteiger partial charge on any atom is -0.339 e. The van der Waals surface area contributed by atoms with Gasteiger partial charge >= 0.3 is 5.69 Å². The maximum Gasteiger partial charge on any atom is 0.305 e. The van der Waals surface area contributed by atoms with Crippen LogP contribution in [0.3, 0.4) is 0 Å². The molecule has 1 aliphatic heterocycles. The lowest BCUT2D eigenvalue weighted by Gasteiger charge is -2.36. The number of benzene rings is 1. The molecule has 0 spiro atoms. The molecule has 2 rings (SSSR count). The summed E-state index contributed by atoms with van der Waals surface area (Å²) in [4.78, 5) is 23.8. The number of nitro groups is 1. The minimum atomic E-state index is -0.925. The molecule has 1 heterocycles. The summed E-state index contributed by atoms with van der Waals surface area (Å²) in [6, 6.07) is 3.28. The molecule has 1 fully saturated rings. The summed E-state index contributed by atoms with van der Waals surface area (Å²) >= 11 is 0. The van der Waals surface area contributed by atoms with Crippen molar-refractivity contribution in [2.75, 3.05) is 13.1 Å². The lowest BCUT2D eigenvalue weighted by Crippen LogP contribution is -2.41. The fourth-order valence-electron chi connectivity index (χ4n) is 2.28. The highest BCUT2D eigenvalue weighted by Gasteiger charge is 2.29. The van der Waals surface area contributed by atoms with Crippen LogP contribution in [0.4, 0.5) is 10.1 Å². The molecule has 20 heavy (non-hydrogen) atoms. The average molecular weight is 280 g/mol. The Bertz CT molecular complexity index is 547. The van der Waals surface area contributed by atoms with Crippen LogP contribution in [-0.4, -0.2) is 28.8 Å². The highest BCUT2D eigenvalue weighted by Crippen LogP contribution is 2.30. The molecule has 1 aromatic rings. The van der Waals surface area contributed by atoms with Crippen molar-refractivity contribution in [1.82, 2.24) is 4.90 Å². The molecule has 0 saturated carbocycles. The van der Waals surface area contributed by atoms with Gasteiger partial charge in [0.15, 0.2) is 0 Å². The van der Waals surface area contributed by atoms with Gasteiger partial charge in [0, 0.05) is 24.7 Å². The van der Waals surface area contributed by atoms with Crippen molar-refractivity contribution in [2.24, 2.45) is 5.41 Å². The van der Waals surface area contributed by atoms with Gasteiger partial charge in [-0.25, -0.2) is 0 Å². The quantitative estimate of drug-likeness (QED) is 0.618. The van der Waals surface area contributed by atoms with E-state index in [-0.39, 0.29) is 16.9 Å². The fourth-order valence-corrected chi connectivity index (χ4v) is 2.28. The number of piperidine rings is 1. The molecule has 1 aliphatic rings. The smallest absolute Gasteiger partial charge is 0.305 e. The largest absolute Gasteiger partial charge is 0.339 e. The van der Waals surface area contributed by atoms with E-state index >= 15 is 0 Å². The van der Waals surface area contributed by atoms with Gasteiger partial charge in [0.25, 0.3) is 5.91 Å². The lowest BCUT2D eigenvalue weighted by atomic mass is 9.82. The van der Waals surface area contributed by atoms with Gasteiger partial charge in [-0.3, -0.25) is 14.9 Å². The third-order valence-electron chi connectivity index (χ3n) is 3.79. The van der Waals surface area contributed by atoms with E-state index < -0.39 is 16.4 Å². The van der Waals surface area contributed by atoms with Crippen LogP contribution < -0.4 is 0 Å². The lowest BCUT2D eigenvalue weighted by molar-refractivity contribution is -0.387. The highest BCUT2D eigenvalue weighted by molar-refractivity contribution is 5.94. The van der Waals surface area contributed by atoms with Gasteiger partial charge in [-0.1, -0.05) is 13.8 Å². The molecule has 0 aromatic heterocycles. The maximum absolute atomic E-state index is 13.3. The number of nitrogens with zero attached hydrogens (tertiary/aromatic N) is 2. The van der Waals surface area contributed by atoms with Gasteiger partial charge in [-0.15, -0.1) is 0 Å². The Morgan fingerprint density at radius 1 is 1.35 bits per heavy atom. The number of hydrogen-bond acceptors (Lipinski definition) is 3. The molecule has 6 heteroatoms. The molecule has 108 valence electrons. The zero-order valence-corrected chi connectivity index (χ0v) is 11.6. The van der Waals surface area contributed by atoms with E-state index in [2.05, 4.69) is 13.8 Å². The predicted molar refractivity (Wildman–Crippen MR) is 72.0 cm³/mol. The summed E-state index contributed by atoms with van der Waals surface area (Å²) in [5.74, 6) is -1.20. The number of halogens is 1. The molecule has 0 bridgehead atoms. The first-order valence-corrected chi connectivity index (χ1v) is 6.53. The van der Waals surface area contributed by atoms with Crippen molar-refractivity contribution < 1.29 is 14.1 Å². The minimum absolute atomic E-state index is 0.165. The van der Waals surface area contributed by atoms with E-state index in [4.69, 9.17) is 0 Å². The van der Waals surface area contributed by atoms with Crippen LogP contribution in [-0.2, 0) is 0 Å². The summed E-state index contributed by atoms with van der Waals surface area (Å²) in [7, 11) is 0. The van der Waals surface area contributed by atoms with Crippen molar-refractivity contribution in [1.29, 1.82) is 0 Å². The molecular weight excluding hydrogens is 263 g/mol. The van der Waals surface area contributed by atoms with Gasteiger partial charge < -0.3 is 4.90 Å². The molecule has 0 radical (unpaired) electrons. The Balaban J connectivity index is 2.18. The van der Waals surface area contributed by atoms with Crippen LogP contribution in [0.1, 0.15) is 37.0 Å². The molecular formula is C14H17FN2O3. The first kappa shape index (κ1) is 14.4. The molecule has 5 nitrogen and oxygen atoms in total. The first-order chi connectivity index (χ1) is 9.30. The van der Waals surface area contributed by atoms with E-state index in [1.54, 1.807) is 4.90 Å². The van der Waals surface area contributed by atoms with Crippen LogP contribution in [0, 0.1) is 21.3 Å². The SMILES string of the molecule is CC1(C)CCN(C(=O)c2ccc(F)c([N+](=O)[O-])c2)CC1. The van der Waals surface area contributed by atoms with Crippen LogP contribution in [0.2, 0.25) is 0 Å². The zero-order valence-electron chi connectivity index (χ0n) is 11.6. The standard InChI is InChI=1S/C14H17FN2O3/c1-14(2)5-7-16(8-6-14)13(18)10-3-4-11(15)12(9-10)17(19)20/h3-4,9H,5-8H2,1-2H3. The van der Waals surface area contributed by atoms with Gasteiger partial charge in [-0.2, -0.15) is 4.39 Å². The van der Waals surface area contributed by atoms with Crippen LogP contribution in [0.5, 0.6) is 0 Å².